The molecule has 1 aromatic carbocycles. The van der Waals surface area contributed by atoms with Crippen LogP contribution in [0.4, 0.5) is 0 Å². The SMILES string of the molecule is Cc1cc(C)c(COc2ccc(CCl)nc2)c(C)c1. The zero-order valence-electron chi connectivity index (χ0n) is 11.5. The van der Waals surface area contributed by atoms with Gasteiger partial charge in [-0.25, -0.2) is 0 Å². The molecule has 2 rings (SSSR count). The molecule has 0 unspecified atom stereocenters. The Morgan fingerprint density at radius 3 is 2.32 bits per heavy atom. The van der Waals surface area contributed by atoms with Gasteiger partial charge in [0.2, 0.25) is 0 Å². The maximum absolute atomic E-state index is 5.79. The number of nitrogens with zero attached hydrogens (tertiary/aromatic N) is 1. The van der Waals surface area contributed by atoms with Crippen LogP contribution in [0.3, 0.4) is 0 Å². The van der Waals surface area contributed by atoms with E-state index in [9.17, 15) is 0 Å². The molecule has 1 heterocycles. The van der Waals surface area contributed by atoms with Gasteiger partial charge in [0.1, 0.15) is 12.4 Å². The van der Waals surface area contributed by atoms with Crippen molar-refractivity contribution < 1.29 is 4.74 Å². The van der Waals surface area contributed by atoms with Crippen LogP contribution in [-0.2, 0) is 12.5 Å². The van der Waals surface area contributed by atoms with Crippen LogP contribution in [0.5, 0.6) is 5.75 Å². The zero-order chi connectivity index (χ0) is 13.8. The molecule has 0 aliphatic rings. The minimum atomic E-state index is 0.427. The first kappa shape index (κ1) is 13.9. The molecule has 2 aromatic rings. The minimum absolute atomic E-state index is 0.427. The van der Waals surface area contributed by atoms with Crippen molar-refractivity contribution in [3.8, 4) is 5.75 Å². The van der Waals surface area contributed by atoms with Crippen molar-refractivity contribution in [1.82, 2.24) is 4.98 Å². The van der Waals surface area contributed by atoms with Crippen molar-refractivity contribution in [1.29, 1.82) is 0 Å². The summed E-state index contributed by atoms with van der Waals surface area (Å²) in [5.74, 6) is 1.20. The van der Waals surface area contributed by atoms with E-state index >= 15 is 0 Å². The van der Waals surface area contributed by atoms with Gasteiger partial charge < -0.3 is 4.74 Å². The fourth-order valence-corrected chi connectivity index (χ4v) is 2.33. The molecule has 0 aliphatic heterocycles. The van der Waals surface area contributed by atoms with E-state index in [-0.39, 0.29) is 0 Å². The quantitative estimate of drug-likeness (QED) is 0.775. The van der Waals surface area contributed by atoms with Crippen molar-refractivity contribution in [2.24, 2.45) is 0 Å². The summed E-state index contributed by atoms with van der Waals surface area (Å²) < 4.78 is 5.79. The third-order valence-corrected chi connectivity index (χ3v) is 3.43. The second-order valence-electron chi connectivity index (χ2n) is 4.78. The fraction of sp³-hybridized carbons (Fsp3) is 0.312. The lowest BCUT2D eigenvalue weighted by atomic mass is 10.0. The standard InChI is InChI=1S/C16H18ClNO/c1-11-6-12(2)16(13(3)7-11)10-19-15-5-4-14(8-17)18-9-15/h4-7,9H,8,10H2,1-3H3. The Bertz CT molecular complexity index is 540. The molecule has 0 bridgehead atoms. The lowest BCUT2D eigenvalue weighted by Gasteiger charge is -2.12. The molecule has 0 N–H and O–H groups in total. The minimum Gasteiger partial charge on any atom is -0.487 e. The summed E-state index contributed by atoms with van der Waals surface area (Å²) in [4.78, 5) is 4.21. The predicted octanol–water partition coefficient (Wildman–Crippen LogP) is 4.32. The number of pyridine rings is 1. The predicted molar refractivity (Wildman–Crippen MR) is 78.8 cm³/mol. The summed E-state index contributed by atoms with van der Waals surface area (Å²) in [6.07, 6.45) is 1.72. The monoisotopic (exact) mass is 275 g/mol. The number of ether oxygens (including phenoxy) is 1. The third-order valence-electron chi connectivity index (χ3n) is 3.16. The number of benzene rings is 1. The summed E-state index contributed by atoms with van der Waals surface area (Å²) in [7, 11) is 0. The van der Waals surface area contributed by atoms with Gasteiger partial charge in [0, 0.05) is 0 Å². The molecule has 0 saturated heterocycles. The van der Waals surface area contributed by atoms with E-state index < -0.39 is 0 Å². The smallest absolute Gasteiger partial charge is 0.138 e. The molecular weight excluding hydrogens is 258 g/mol. The van der Waals surface area contributed by atoms with Crippen LogP contribution in [0.15, 0.2) is 30.5 Å². The highest BCUT2D eigenvalue weighted by atomic mass is 35.5. The van der Waals surface area contributed by atoms with Crippen LogP contribution in [0.1, 0.15) is 27.9 Å². The first-order valence-corrected chi connectivity index (χ1v) is 6.84. The number of rotatable bonds is 4. The van der Waals surface area contributed by atoms with Crippen molar-refractivity contribution in [2.75, 3.05) is 0 Å². The number of alkyl halides is 1. The van der Waals surface area contributed by atoms with Gasteiger partial charge in [-0.2, -0.15) is 0 Å². The Kier molecular flexibility index (Phi) is 4.43. The number of halogens is 1. The van der Waals surface area contributed by atoms with Crippen LogP contribution in [0, 0.1) is 20.8 Å². The number of hydrogen-bond acceptors (Lipinski definition) is 2. The highest BCUT2D eigenvalue weighted by molar-refractivity contribution is 6.16. The van der Waals surface area contributed by atoms with Crippen molar-refractivity contribution in [2.45, 2.75) is 33.3 Å². The van der Waals surface area contributed by atoms with Gasteiger partial charge >= 0.3 is 0 Å². The molecule has 0 saturated carbocycles. The zero-order valence-corrected chi connectivity index (χ0v) is 12.3. The highest BCUT2D eigenvalue weighted by Crippen LogP contribution is 2.19. The fourth-order valence-electron chi connectivity index (χ4n) is 2.17. The Hall–Kier alpha value is -1.54. The number of aryl methyl sites for hydroxylation is 3. The van der Waals surface area contributed by atoms with Crippen LogP contribution >= 0.6 is 11.6 Å². The lowest BCUT2D eigenvalue weighted by Crippen LogP contribution is -2.01. The molecule has 2 nitrogen and oxygen atoms in total. The molecular formula is C16H18ClNO. The molecule has 0 aliphatic carbocycles. The summed E-state index contributed by atoms with van der Waals surface area (Å²) in [6, 6.07) is 8.15. The summed E-state index contributed by atoms with van der Waals surface area (Å²) in [5, 5.41) is 0. The van der Waals surface area contributed by atoms with Gasteiger partial charge in [0.15, 0.2) is 0 Å². The van der Waals surface area contributed by atoms with Gasteiger partial charge in [-0.05, 0) is 49.6 Å². The third kappa shape index (κ3) is 3.48. The molecule has 0 spiro atoms. The van der Waals surface area contributed by atoms with E-state index in [1.165, 1.54) is 22.3 Å². The highest BCUT2D eigenvalue weighted by Gasteiger charge is 2.05. The van der Waals surface area contributed by atoms with Gasteiger partial charge in [-0.1, -0.05) is 17.7 Å². The van der Waals surface area contributed by atoms with E-state index in [0.29, 0.717) is 12.5 Å². The molecule has 19 heavy (non-hydrogen) atoms. The van der Waals surface area contributed by atoms with Crippen LogP contribution in [0.25, 0.3) is 0 Å². The molecule has 0 fully saturated rings. The normalized spacial score (nSPS) is 10.5. The largest absolute Gasteiger partial charge is 0.487 e. The maximum atomic E-state index is 5.79. The second-order valence-corrected chi connectivity index (χ2v) is 5.05. The van der Waals surface area contributed by atoms with Crippen LogP contribution in [0.2, 0.25) is 0 Å². The lowest BCUT2D eigenvalue weighted by molar-refractivity contribution is 0.303. The molecule has 1 aromatic heterocycles. The maximum Gasteiger partial charge on any atom is 0.138 e. The van der Waals surface area contributed by atoms with Crippen molar-refractivity contribution >= 4 is 11.6 Å². The summed E-state index contributed by atoms with van der Waals surface area (Å²) >= 11 is 5.71. The molecule has 3 heteroatoms. The van der Waals surface area contributed by atoms with Gasteiger partial charge in [0.25, 0.3) is 0 Å². The Morgan fingerprint density at radius 1 is 1.11 bits per heavy atom. The molecule has 0 amide bonds. The first-order valence-electron chi connectivity index (χ1n) is 6.30. The summed E-state index contributed by atoms with van der Waals surface area (Å²) in [6.45, 7) is 6.92. The first-order chi connectivity index (χ1) is 9.10. The Morgan fingerprint density at radius 2 is 1.79 bits per heavy atom. The van der Waals surface area contributed by atoms with E-state index in [0.717, 1.165) is 11.4 Å². The molecule has 0 atom stereocenters. The molecule has 100 valence electrons. The Labute approximate surface area is 119 Å². The van der Waals surface area contributed by atoms with Crippen LogP contribution < -0.4 is 4.74 Å². The second kappa shape index (κ2) is 6.07. The van der Waals surface area contributed by atoms with Gasteiger partial charge in [-0.15, -0.1) is 11.6 Å². The average Bonchev–Trinajstić information content (AvgIpc) is 2.38. The van der Waals surface area contributed by atoms with Gasteiger partial charge in [0.05, 0.1) is 17.8 Å². The summed E-state index contributed by atoms with van der Waals surface area (Å²) in [5.41, 5.74) is 5.92. The van der Waals surface area contributed by atoms with E-state index in [2.05, 4.69) is 37.9 Å². The topological polar surface area (TPSA) is 22.1 Å². The van der Waals surface area contributed by atoms with E-state index in [1.807, 2.05) is 12.1 Å². The van der Waals surface area contributed by atoms with E-state index in [4.69, 9.17) is 16.3 Å². The Balaban J connectivity index is 2.10. The molecule has 0 radical (unpaired) electrons. The van der Waals surface area contributed by atoms with Crippen molar-refractivity contribution in [3.05, 3.63) is 58.4 Å². The van der Waals surface area contributed by atoms with Crippen LogP contribution in [-0.4, -0.2) is 4.98 Å². The average molecular weight is 276 g/mol. The van der Waals surface area contributed by atoms with E-state index in [1.54, 1.807) is 6.20 Å². The number of hydrogen-bond donors (Lipinski definition) is 0. The van der Waals surface area contributed by atoms with Gasteiger partial charge in [-0.3, -0.25) is 4.98 Å². The van der Waals surface area contributed by atoms with Crippen molar-refractivity contribution in [3.63, 3.8) is 0 Å². The number of aromatic nitrogens is 1.